The molecule has 132 valence electrons. The Kier molecular flexibility index (Phi) is 7.43. The lowest BCUT2D eigenvalue weighted by Crippen LogP contribution is -2.40. The number of hydrogen-bond acceptors (Lipinski definition) is 7. The van der Waals surface area contributed by atoms with Crippen molar-refractivity contribution in [1.29, 1.82) is 0 Å². The van der Waals surface area contributed by atoms with Gasteiger partial charge in [0.25, 0.3) is 5.69 Å². The Morgan fingerprint density at radius 1 is 1.17 bits per heavy atom. The highest BCUT2D eigenvalue weighted by atomic mass is 16.6. The molecule has 0 saturated heterocycles. The first-order valence-corrected chi connectivity index (χ1v) is 7.05. The summed E-state index contributed by atoms with van der Waals surface area (Å²) in [6.07, 6.45) is 0.216. The van der Waals surface area contributed by atoms with Gasteiger partial charge in [-0.05, 0) is 12.5 Å². The molecule has 1 rings (SSSR count). The first-order chi connectivity index (χ1) is 11.4. The molecule has 0 radical (unpaired) electrons. The molecule has 1 aromatic rings. The number of amides is 2. The van der Waals surface area contributed by atoms with Crippen molar-refractivity contribution in [1.82, 2.24) is 10.6 Å². The normalized spacial score (nSPS) is 9.96. The Morgan fingerprint density at radius 3 is 2.33 bits per heavy atom. The van der Waals surface area contributed by atoms with Crippen molar-refractivity contribution in [2.45, 2.75) is 6.42 Å². The number of rotatable bonds is 9. The minimum Gasteiger partial charge on any atom is -0.493 e. The molecular weight excluding hydrogens is 320 g/mol. The highest BCUT2D eigenvalue weighted by Crippen LogP contribution is 2.34. The third kappa shape index (κ3) is 5.39. The van der Waals surface area contributed by atoms with Crippen molar-refractivity contribution in [2.24, 2.45) is 5.73 Å². The Balaban J connectivity index is 2.71. The zero-order valence-electron chi connectivity index (χ0n) is 13.5. The summed E-state index contributed by atoms with van der Waals surface area (Å²) in [7, 11) is 2.81. The minimum atomic E-state index is -0.527. The fourth-order valence-corrected chi connectivity index (χ4v) is 1.93. The van der Waals surface area contributed by atoms with Gasteiger partial charge in [-0.2, -0.15) is 0 Å². The van der Waals surface area contributed by atoms with E-state index in [4.69, 9.17) is 15.2 Å². The van der Waals surface area contributed by atoms with Crippen LogP contribution < -0.4 is 25.8 Å². The first kappa shape index (κ1) is 19.2. The van der Waals surface area contributed by atoms with Gasteiger partial charge >= 0.3 is 0 Å². The van der Waals surface area contributed by atoms with Crippen LogP contribution in [-0.4, -0.2) is 50.6 Å². The van der Waals surface area contributed by atoms with E-state index in [0.717, 1.165) is 0 Å². The van der Waals surface area contributed by atoms with Gasteiger partial charge in [0.05, 0.1) is 38.3 Å². The second-order valence-electron chi connectivity index (χ2n) is 4.67. The summed E-state index contributed by atoms with van der Waals surface area (Å²) in [5.74, 6) is -0.248. The van der Waals surface area contributed by atoms with Crippen LogP contribution in [0.1, 0.15) is 5.56 Å². The second-order valence-corrected chi connectivity index (χ2v) is 4.67. The predicted molar refractivity (Wildman–Crippen MR) is 85.0 cm³/mol. The Labute approximate surface area is 138 Å². The Bertz CT molecular complexity index is 620. The maximum absolute atomic E-state index is 11.6. The number of nitro benzene ring substituents is 1. The molecule has 4 N–H and O–H groups in total. The van der Waals surface area contributed by atoms with Crippen molar-refractivity contribution in [3.63, 3.8) is 0 Å². The summed E-state index contributed by atoms with van der Waals surface area (Å²) < 4.78 is 10.2. The molecule has 0 spiro atoms. The summed E-state index contributed by atoms with van der Waals surface area (Å²) in [6, 6.07) is 2.77. The zero-order chi connectivity index (χ0) is 18.1. The monoisotopic (exact) mass is 340 g/mol. The summed E-state index contributed by atoms with van der Waals surface area (Å²) >= 11 is 0. The van der Waals surface area contributed by atoms with Crippen LogP contribution in [-0.2, 0) is 16.0 Å². The van der Waals surface area contributed by atoms with Crippen LogP contribution in [0.3, 0.4) is 0 Å². The van der Waals surface area contributed by atoms with Gasteiger partial charge in [0.2, 0.25) is 11.8 Å². The molecule has 0 bridgehead atoms. The van der Waals surface area contributed by atoms with Crippen LogP contribution >= 0.6 is 0 Å². The lowest BCUT2D eigenvalue weighted by Gasteiger charge is -2.11. The highest BCUT2D eigenvalue weighted by Gasteiger charge is 2.19. The van der Waals surface area contributed by atoms with Gasteiger partial charge in [0.15, 0.2) is 11.5 Å². The lowest BCUT2D eigenvalue weighted by molar-refractivity contribution is -0.385. The average Bonchev–Trinajstić information content (AvgIpc) is 2.58. The number of nitrogens with two attached hydrogens (primary N) is 1. The van der Waals surface area contributed by atoms with Crippen molar-refractivity contribution >= 4 is 17.5 Å². The van der Waals surface area contributed by atoms with Crippen molar-refractivity contribution in [3.05, 3.63) is 27.8 Å². The number of methoxy groups -OCH3 is 2. The van der Waals surface area contributed by atoms with Gasteiger partial charge < -0.3 is 25.8 Å². The van der Waals surface area contributed by atoms with Gasteiger partial charge in [-0.15, -0.1) is 0 Å². The maximum Gasteiger partial charge on any atom is 0.276 e. The fraction of sp³-hybridized carbons (Fsp3) is 0.429. The first-order valence-electron chi connectivity index (χ1n) is 7.05. The minimum absolute atomic E-state index is 0.127. The van der Waals surface area contributed by atoms with E-state index in [2.05, 4.69) is 10.6 Å². The third-order valence-electron chi connectivity index (χ3n) is 3.13. The Hall–Kier alpha value is -2.88. The number of ether oxygens (including phenoxy) is 2. The summed E-state index contributed by atoms with van der Waals surface area (Å²) in [4.78, 5) is 33.1. The average molecular weight is 340 g/mol. The molecule has 0 heterocycles. The van der Waals surface area contributed by atoms with Gasteiger partial charge in [-0.1, -0.05) is 0 Å². The number of benzene rings is 1. The molecular formula is C14H20N4O6. The number of carbonyl (C=O) groups is 2. The van der Waals surface area contributed by atoms with Crippen molar-refractivity contribution in [3.8, 4) is 11.5 Å². The molecule has 10 heteroatoms. The van der Waals surface area contributed by atoms with Gasteiger partial charge in [-0.25, -0.2) is 0 Å². The van der Waals surface area contributed by atoms with Crippen LogP contribution in [0.4, 0.5) is 5.69 Å². The standard InChI is InChI=1S/C14H20N4O6/c1-23-11-5-9(10(18(21)22)6-12(11)24-2)3-4-16-14(20)8-17-13(19)7-15/h5-6H,3-4,7-8,15H2,1-2H3,(H,16,20)(H,17,19). The molecule has 0 atom stereocenters. The fourth-order valence-electron chi connectivity index (χ4n) is 1.93. The highest BCUT2D eigenvalue weighted by molar-refractivity contribution is 5.85. The SMILES string of the molecule is COc1cc(CCNC(=O)CNC(=O)CN)c([N+](=O)[O-])cc1OC. The van der Waals surface area contributed by atoms with E-state index >= 15 is 0 Å². The lowest BCUT2D eigenvalue weighted by atomic mass is 10.1. The van der Waals surface area contributed by atoms with Crippen LogP contribution in [0.25, 0.3) is 0 Å². The van der Waals surface area contributed by atoms with E-state index in [1.54, 1.807) is 0 Å². The van der Waals surface area contributed by atoms with E-state index in [0.29, 0.717) is 11.3 Å². The molecule has 0 aliphatic carbocycles. The van der Waals surface area contributed by atoms with E-state index < -0.39 is 16.7 Å². The zero-order valence-corrected chi connectivity index (χ0v) is 13.5. The molecule has 0 saturated carbocycles. The number of hydrogen-bond donors (Lipinski definition) is 3. The largest absolute Gasteiger partial charge is 0.493 e. The predicted octanol–water partition coefficient (Wildman–Crippen LogP) is -0.654. The molecule has 1 aromatic carbocycles. The van der Waals surface area contributed by atoms with Crippen LogP contribution in [0.15, 0.2) is 12.1 Å². The smallest absolute Gasteiger partial charge is 0.276 e. The van der Waals surface area contributed by atoms with E-state index in [1.807, 2.05) is 0 Å². The number of carbonyl (C=O) groups excluding carboxylic acids is 2. The molecule has 0 unspecified atom stereocenters. The van der Waals surface area contributed by atoms with E-state index in [-0.39, 0.29) is 37.5 Å². The Morgan fingerprint density at radius 2 is 1.79 bits per heavy atom. The molecule has 0 aliphatic heterocycles. The molecule has 10 nitrogen and oxygen atoms in total. The topological polar surface area (TPSA) is 146 Å². The van der Waals surface area contributed by atoms with E-state index in [9.17, 15) is 19.7 Å². The number of nitrogens with one attached hydrogen (secondary N) is 2. The second kappa shape index (κ2) is 9.30. The van der Waals surface area contributed by atoms with Gasteiger partial charge in [-0.3, -0.25) is 19.7 Å². The maximum atomic E-state index is 11.6. The van der Waals surface area contributed by atoms with Gasteiger partial charge in [0, 0.05) is 12.1 Å². The number of nitro groups is 1. The summed E-state index contributed by atoms with van der Waals surface area (Å²) in [6.45, 7) is -0.247. The van der Waals surface area contributed by atoms with Gasteiger partial charge in [0.1, 0.15) is 0 Å². The molecule has 0 fully saturated rings. The quantitative estimate of drug-likeness (QED) is 0.400. The number of nitrogens with zero attached hydrogens (tertiary/aromatic N) is 1. The van der Waals surface area contributed by atoms with E-state index in [1.165, 1.54) is 26.4 Å². The molecule has 2 amide bonds. The third-order valence-corrected chi connectivity index (χ3v) is 3.13. The summed E-state index contributed by atoms with van der Waals surface area (Å²) in [5.41, 5.74) is 5.37. The van der Waals surface area contributed by atoms with Crippen molar-refractivity contribution in [2.75, 3.05) is 33.9 Å². The molecule has 0 aliphatic rings. The van der Waals surface area contributed by atoms with Crippen LogP contribution in [0.2, 0.25) is 0 Å². The van der Waals surface area contributed by atoms with Crippen LogP contribution in [0, 0.1) is 10.1 Å². The molecule has 0 aromatic heterocycles. The molecule has 24 heavy (non-hydrogen) atoms. The van der Waals surface area contributed by atoms with Crippen LogP contribution in [0.5, 0.6) is 11.5 Å². The summed E-state index contributed by atoms with van der Waals surface area (Å²) in [5, 5.41) is 16.0. The van der Waals surface area contributed by atoms with Crippen molar-refractivity contribution < 1.29 is 24.0 Å².